The van der Waals surface area contributed by atoms with Gasteiger partial charge in [-0.15, -0.1) is 11.8 Å². The van der Waals surface area contributed by atoms with E-state index >= 15 is 0 Å². The number of hydrogen-bond acceptors (Lipinski definition) is 6. The number of aryl methyl sites for hydroxylation is 2. The molecule has 6 nitrogen and oxygen atoms in total. The Morgan fingerprint density at radius 3 is 2.57 bits per heavy atom. The van der Waals surface area contributed by atoms with Crippen LogP contribution in [0.2, 0.25) is 0 Å². The number of piperazine rings is 1. The van der Waals surface area contributed by atoms with Crippen LogP contribution in [0.1, 0.15) is 11.1 Å². The number of halogens is 1. The van der Waals surface area contributed by atoms with Gasteiger partial charge in [-0.05, 0) is 43.2 Å². The summed E-state index contributed by atoms with van der Waals surface area (Å²) in [5.74, 6) is 1.33. The van der Waals surface area contributed by atoms with E-state index in [1.165, 1.54) is 11.1 Å². The van der Waals surface area contributed by atoms with E-state index in [4.69, 9.17) is 0 Å². The van der Waals surface area contributed by atoms with Crippen LogP contribution in [0.3, 0.4) is 0 Å². The lowest BCUT2D eigenvalue weighted by atomic mass is 10.2. The molecule has 1 saturated heterocycles. The molecule has 1 fully saturated rings. The average Bonchev–Trinajstić information content (AvgIpc) is 2.71. The van der Waals surface area contributed by atoms with Gasteiger partial charge >= 0.3 is 0 Å². The fraction of sp³-hybridized carbons (Fsp3) is 0.450. The SMILES string of the molecule is Cc1cc(SCC(=O)NCCN2CCN(c3ncccn3)CC2)c(C)cc1Br. The predicted octanol–water partition coefficient (Wildman–Crippen LogP) is 2.89. The Morgan fingerprint density at radius 1 is 1.14 bits per heavy atom. The summed E-state index contributed by atoms with van der Waals surface area (Å²) >= 11 is 5.14. The van der Waals surface area contributed by atoms with Crippen molar-refractivity contribution in [3.63, 3.8) is 0 Å². The number of amides is 1. The summed E-state index contributed by atoms with van der Waals surface area (Å²) in [6.45, 7) is 9.43. The van der Waals surface area contributed by atoms with Crippen LogP contribution in [0.4, 0.5) is 5.95 Å². The van der Waals surface area contributed by atoms with E-state index in [2.05, 4.69) is 67.0 Å². The van der Waals surface area contributed by atoms with Gasteiger partial charge in [0.05, 0.1) is 5.75 Å². The number of aromatic nitrogens is 2. The molecule has 3 rings (SSSR count). The van der Waals surface area contributed by atoms with E-state index in [1.807, 2.05) is 6.07 Å². The minimum Gasteiger partial charge on any atom is -0.354 e. The van der Waals surface area contributed by atoms with E-state index in [1.54, 1.807) is 24.2 Å². The summed E-state index contributed by atoms with van der Waals surface area (Å²) in [6.07, 6.45) is 3.55. The lowest BCUT2D eigenvalue weighted by Crippen LogP contribution is -2.49. The van der Waals surface area contributed by atoms with Crippen molar-refractivity contribution in [3.8, 4) is 0 Å². The molecule has 0 bridgehead atoms. The van der Waals surface area contributed by atoms with Gasteiger partial charge in [0.2, 0.25) is 11.9 Å². The van der Waals surface area contributed by atoms with Gasteiger partial charge in [0.25, 0.3) is 0 Å². The van der Waals surface area contributed by atoms with Crippen molar-refractivity contribution in [1.29, 1.82) is 0 Å². The number of thioether (sulfide) groups is 1. The molecule has 0 radical (unpaired) electrons. The second-order valence-electron chi connectivity index (χ2n) is 6.88. The molecule has 2 aromatic rings. The second-order valence-corrected chi connectivity index (χ2v) is 8.75. The molecular weight excluding hydrogens is 438 g/mol. The molecule has 28 heavy (non-hydrogen) atoms. The van der Waals surface area contributed by atoms with Crippen LogP contribution in [0.15, 0.2) is 40.0 Å². The first-order valence-electron chi connectivity index (χ1n) is 9.43. The summed E-state index contributed by atoms with van der Waals surface area (Å²) in [7, 11) is 0. The van der Waals surface area contributed by atoms with Crippen molar-refractivity contribution in [2.24, 2.45) is 0 Å². The minimum absolute atomic E-state index is 0.0845. The van der Waals surface area contributed by atoms with Gasteiger partial charge < -0.3 is 10.2 Å². The van der Waals surface area contributed by atoms with E-state index in [0.29, 0.717) is 12.3 Å². The third-order valence-corrected chi connectivity index (χ3v) is 6.78. The molecule has 0 saturated carbocycles. The van der Waals surface area contributed by atoms with Gasteiger partial charge in [0, 0.05) is 61.0 Å². The zero-order chi connectivity index (χ0) is 19.9. The molecule has 1 aromatic heterocycles. The van der Waals surface area contributed by atoms with Crippen molar-refractivity contribution in [1.82, 2.24) is 20.2 Å². The highest BCUT2D eigenvalue weighted by molar-refractivity contribution is 9.10. The molecule has 1 aliphatic heterocycles. The summed E-state index contributed by atoms with van der Waals surface area (Å²) in [6, 6.07) is 6.07. The predicted molar refractivity (Wildman–Crippen MR) is 118 cm³/mol. The molecule has 1 N–H and O–H groups in total. The standard InChI is InChI=1S/C20H26BrN5OS/c1-15-13-18(16(2)12-17(15)21)28-14-19(27)22-6-7-25-8-10-26(11-9-25)20-23-4-3-5-24-20/h3-5,12-13H,6-11,14H2,1-2H3,(H,22,27). The Kier molecular flexibility index (Phi) is 7.70. The summed E-state index contributed by atoms with van der Waals surface area (Å²) < 4.78 is 1.11. The van der Waals surface area contributed by atoms with Gasteiger partial charge in [0.15, 0.2) is 0 Å². The van der Waals surface area contributed by atoms with Gasteiger partial charge in [-0.1, -0.05) is 15.9 Å². The summed E-state index contributed by atoms with van der Waals surface area (Å²) in [5, 5.41) is 3.04. The number of benzene rings is 1. The lowest BCUT2D eigenvalue weighted by Gasteiger charge is -2.34. The van der Waals surface area contributed by atoms with Crippen molar-refractivity contribution in [3.05, 3.63) is 46.2 Å². The number of nitrogens with one attached hydrogen (secondary N) is 1. The Balaban J connectivity index is 1.34. The quantitative estimate of drug-likeness (QED) is 0.636. The van der Waals surface area contributed by atoms with Crippen LogP contribution in [-0.4, -0.2) is 65.8 Å². The fourth-order valence-electron chi connectivity index (χ4n) is 3.08. The topological polar surface area (TPSA) is 61.4 Å². The second kappa shape index (κ2) is 10.2. The lowest BCUT2D eigenvalue weighted by molar-refractivity contribution is -0.118. The maximum absolute atomic E-state index is 12.2. The first kappa shape index (κ1) is 21.1. The maximum atomic E-state index is 12.2. The minimum atomic E-state index is 0.0845. The molecule has 0 atom stereocenters. The molecule has 1 aliphatic rings. The number of carbonyl (C=O) groups excluding carboxylic acids is 1. The third kappa shape index (κ3) is 5.93. The first-order valence-corrected chi connectivity index (χ1v) is 11.2. The van der Waals surface area contributed by atoms with Crippen molar-refractivity contribution < 1.29 is 4.79 Å². The number of carbonyl (C=O) groups is 1. The fourth-order valence-corrected chi connectivity index (χ4v) is 4.48. The summed E-state index contributed by atoms with van der Waals surface area (Å²) in [4.78, 5) is 26.5. The van der Waals surface area contributed by atoms with Gasteiger partial charge in [-0.2, -0.15) is 0 Å². The monoisotopic (exact) mass is 463 g/mol. The Bertz CT molecular complexity index is 797. The van der Waals surface area contributed by atoms with Crippen LogP contribution in [0, 0.1) is 13.8 Å². The van der Waals surface area contributed by atoms with E-state index in [0.717, 1.165) is 48.0 Å². The van der Waals surface area contributed by atoms with Crippen molar-refractivity contribution in [2.45, 2.75) is 18.7 Å². The van der Waals surface area contributed by atoms with Crippen LogP contribution in [0.25, 0.3) is 0 Å². The highest BCUT2D eigenvalue weighted by atomic mass is 79.9. The third-order valence-electron chi connectivity index (χ3n) is 4.77. The van der Waals surface area contributed by atoms with Gasteiger partial charge in [-0.3, -0.25) is 9.69 Å². The van der Waals surface area contributed by atoms with Crippen molar-refractivity contribution >= 4 is 39.5 Å². The highest BCUT2D eigenvalue weighted by Crippen LogP contribution is 2.28. The molecule has 0 unspecified atom stereocenters. The van der Waals surface area contributed by atoms with Crippen LogP contribution in [0.5, 0.6) is 0 Å². The Morgan fingerprint density at radius 2 is 1.86 bits per heavy atom. The molecule has 0 aliphatic carbocycles. The molecule has 8 heteroatoms. The largest absolute Gasteiger partial charge is 0.354 e. The number of hydrogen-bond donors (Lipinski definition) is 1. The molecule has 150 valence electrons. The molecular formula is C20H26BrN5OS. The van der Waals surface area contributed by atoms with Gasteiger partial charge in [-0.25, -0.2) is 9.97 Å². The van der Waals surface area contributed by atoms with Crippen LogP contribution in [-0.2, 0) is 4.79 Å². The van der Waals surface area contributed by atoms with E-state index in [9.17, 15) is 4.79 Å². The first-order chi connectivity index (χ1) is 13.5. The highest BCUT2D eigenvalue weighted by Gasteiger charge is 2.18. The molecule has 0 spiro atoms. The summed E-state index contributed by atoms with van der Waals surface area (Å²) in [5.41, 5.74) is 2.38. The van der Waals surface area contributed by atoms with Gasteiger partial charge in [0.1, 0.15) is 0 Å². The normalized spacial score (nSPS) is 14.9. The Hall–Kier alpha value is -1.64. The van der Waals surface area contributed by atoms with E-state index < -0.39 is 0 Å². The Labute approximate surface area is 179 Å². The molecule has 1 aromatic carbocycles. The smallest absolute Gasteiger partial charge is 0.230 e. The zero-order valence-corrected chi connectivity index (χ0v) is 18.7. The molecule has 1 amide bonds. The van der Waals surface area contributed by atoms with Crippen LogP contribution < -0.4 is 10.2 Å². The maximum Gasteiger partial charge on any atom is 0.230 e. The van der Waals surface area contributed by atoms with Crippen LogP contribution >= 0.6 is 27.7 Å². The number of rotatable bonds is 7. The number of nitrogens with zero attached hydrogens (tertiary/aromatic N) is 4. The van der Waals surface area contributed by atoms with E-state index in [-0.39, 0.29) is 5.91 Å². The van der Waals surface area contributed by atoms with Crippen molar-refractivity contribution in [2.75, 3.05) is 49.9 Å². The molecule has 2 heterocycles. The zero-order valence-electron chi connectivity index (χ0n) is 16.3. The average molecular weight is 464 g/mol. The number of anilines is 1.